The Hall–Kier alpha value is -1.51. The average molecular weight is 446 g/mol. The summed E-state index contributed by atoms with van der Waals surface area (Å²) in [6, 6.07) is 7.63. The molecule has 4 aliphatic heterocycles. The third-order valence-electron chi connectivity index (χ3n) is 8.01. The highest BCUT2D eigenvalue weighted by Crippen LogP contribution is 2.61. The van der Waals surface area contributed by atoms with Crippen LogP contribution in [0.15, 0.2) is 30.5 Å². The summed E-state index contributed by atoms with van der Waals surface area (Å²) in [5.41, 5.74) is 1.13. The molecule has 0 N–H and O–H groups in total. The van der Waals surface area contributed by atoms with Gasteiger partial charge in [0.15, 0.2) is 18.1 Å². The van der Waals surface area contributed by atoms with E-state index < -0.39 is 17.7 Å². The predicted octanol–water partition coefficient (Wildman–Crippen LogP) is 4.98. The highest BCUT2D eigenvalue weighted by Gasteiger charge is 2.69. The number of ether oxygens (including phenoxy) is 2. The van der Waals surface area contributed by atoms with E-state index in [0.717, 1.165) is 30.5 Å². The molecule has 31 heavy (non-hydrogen) atoms. The van der Waals surface area contributed by atoms with Crippen molar-refractivity contribution in [1.29, 1.82) is 0 Å². The molecular formula is C23H28ClN3O4. The number of hydrogen-bond acceptors (Lipinski definition) is 6. The van der Waals surface area contributed by atoms with Gasteiger partial charge < -0.3 is 9.47 Å². The number of benzene rings is 1. The zero-order chi connectivity index (χ0) is 21.4. The highest BCUT2D eigenvalue weighted by molar-refractivity contribution is 6.30. The molecule has 5 aliphatic rings. The number of rotatable bonds is 2. The van der Waals surface area contributed by atoms with Gasteiger partial charge in [0.2, 0.25) is 5.79 Å². The van der Waals surface area contributed by atoms with Crippen LogP contribution >= 0.6 is 11.6 Å². The van der Waals surface area contributed by atoms with Crippen LogP contribution in [0.2, 0.25) is 5.02 Å². The van der Waals surface area contributed by atoms with E-state index in [-0.39, 0.29) is 18.1 Å². The van der Waals surface area contributed by atoms with Gasteiger partial charge in [-0.25, -0.2) is 14.5 Å². The van der Waals surface area contributed by atoms with Gasteiger partial charge in [-0.1, -0.05) is 42.8 Å². The first-order valence-electron chi connectivity index (χ1n) is 11.3. The molecule has 4 saturated heterocycles. The maximum atomic E-state index is 6.62. The molecule has 166 valence electrons. The van der Waals surface area contributed by atoms with Crippen LogP contribution < -0.4 is 0 Å². The molecular weight excluding hydrogens is 418 g/mol. The quantitative estimate of drug-likeness (QED) is 0.607. The van der Waals surface area contributed by atoms with Crippen molar-refractivity contribution in [3.05, 3.63) is 35.5 Å². The van der Waals surface area contributed by atoms with Gasteiger partial charge in [0, 0.05) is 28.8 Å². The molecule has 1 aliphatic carbocycles. The topological polar surface area (TPSA) is 67.6 Å². The molecule has 2 aromatic rings. The van der Waals surface area contributed by atoms with E-state index in [1.807, 2.05) is 42.1 Å². The number of halogens is 1. The summed E-state index contributed by atoms with van der Waals surface area (Å²) in [6.07, 6.45) is 5.20. The summed E-state index contributed by atoms with van der Waals surface area (Å²) in [7, 11) is 0. The van der Waals surface area contributed by atoms with Crippen LogP contribution in [-0.2, 0) is 19.2 Å². The molecule has 0 radical (unpaired) electrons. The van der Waals surface area contributed by atoms with E-state index >= 15 is 0 Å². The van der Waals surface area contributed by atoms with E-state index in [1.54, 1.807) is 0 Å². The van der Waals surface area contributed by atoms with Crippen LogP contribution in [-0.4, -0.2) is 32.7 Å². The third-order valence-corrected chi connectivity index (χ3v) is 8.25. The average Bonchev–Trinajstić information content (AvgIpc) is 3.13. The van der Waals surface area contributed by atoms with Crippen molar-refractivity contribution in [3.63, 3.8) is 0 Å². The van der Waals surface area contributed by atoms with Crippen molar-refractivity contribution >= 4 is 11.6 Å². The van der Waals surface area contributed by atoms with Gasteiger partial charge in [-0.15, -0.1) is 5.10 Å². The first-order valence-corrected chi connectivity index (χ1v) is 11.7. The molecule has 0 amide bonds. The maximum Gasteiger partial charge on any atom is 0.201 e. The lowest BCUT2D eigenvalue weighted by Gasteiger charge is -2.60. The number of hydrogen-bond donors (Lipinski definition) is 0. The Balaban J connectivity index is 1.37. The Bertz CT molecular complexity index is 1000. The first kappa shape index (κ1) is 20.1. The molecule has 1 saturated carbocycles. The molecule has 7 rings (SSSR count). The SMILES string of the molecule is C[C@H]1[C@H](n2cc(-c3cccc(Cl)c3)nn2)O[C@@H]2O[C@@]3(C)CC[C@H]4[C@H](C)CC[C@@H]1[C@@]24OO3. The lowest BCUT2D eigenvalue weighted by atomic mass is 9.58. The molecule has 2 bridgehead atoms. The number of nitrogens with zero attached hydrogens (tertiary/aromatic N) is 3. The summed E-state index contributed by atoms with van der Waals surface area (Å²) in [4.78, 5) is 12.1. The van der Waals surface area contributed by atoms with Gasteiger partial charge in [0.05, 0.1) is 6.20 Å². The molecule has 1 aromatic heterocycles. The van der Waals surface area contributed by atoms with Crippen LogP contribution in [0.1, 0.15) is 52.7 Å². The van der Waals surface area contributed by atoms with Crippen molar-refractivity contribution < 1.29 is 19.2 Å². The normalized spacial score (nSPS) is 44.0. The zero-order valence-electron chi connectivity index (χ0n) is 18.0. The van der Waals surface area contributed by atoms with Crippen LogP contribution in [0.4, 0.5) is 0 Å². The van der Waals surface area contributed by atoms with Gasteiger partial charge in [0.25, 0.3) is 0 Å². The summed E-state index contributed by atoms with van der Waals surface area (Å²) < 4.78 is 14.9. The minimum absolute atomic E-state index is 0.162. The molecule has 0 unspecified atom stereocenters. The van der Waals surface area contributed by atoms with E-state index in [1.165, 1.54) is 6.42 Å². The molecule has 8 atom stereocenters. The molecule has 5 fully saturated rings. The zero-order valence-corrected chi connectivity index (χ0v) is 18.8. The second kappa shape index (κ2) is 6.99. The standard InChI is InChI=1S/C23H28ClN3O4/c1-13-7-8-18-14(2)20(27-12-19(25-26-27)15-5-4-6-16(24)11-15)28-21-23(18)17(13)9-10-22(3,29-21)30-31-23/h4-6,11-14,17-18,20-21H,7-10H2,1-3H3/t13-,14-,17+,18+,20-,21-,22-,23-/m1/s1. The summed E-state index contributed by atoms with van der Waals surface area (Å²) in [5, 5.41) is 9.49. The van der Waals surface area contributed by atoms with Crippen molar-refractivity contribution in [2.24, 2.45) is 23.7 Å². The van der Waals surface area contributed by atoms with E-state index in [0.29, 0.717) is 16.9 Å². The molecule has 8 heteroatoms. The van der Waals surface area contributed by atoms with Gasteiger partial charge in [-0.3, -0.25) is 0 Å². The minimum Gasteiger partial charge on any atom is -0.324 e. The monoisotopic (exact) mass is 445 g/mol. The minimum atomic E-state index is -0.781. The second-order valence-electron chi connectivity index (χ2n) is 9.89. The van der Waals surface area contributed by atoms with Crippen LogP contribution in [0.25, 0.3) is 11.3 Å². The van der Waals surface area contributed by atoms with Crippen molar-refractivity contribution in [3.8, 4) is 11.3 Å². The van der Waals surface area contributed by atoms with Crippen molar-refractivity contribution in [2.75, 3.05) is 0 Å². The summed E-state index contributed by atoms with van der Waals surface area (Å²) >= 11 is 6.16. The van der Waals surface area contributed by atoms with Crippen LogP contribution in [0, 0.1) is 23.7 Å². The van der Waals surface area contributed by atoms with E-state index in [9.17, 15) is 0 Å². The molecule has 5 heterocycles. The fraction of sp³-hybridized carbons (Fsp3) is 0.652. The fourth-order valence-electron chi connectivity index (χ4n) is 6.37. The Morgan fingerprint density at radius 1 is 1.13 bits per heavy atom. The summed E-state index contributed by atoms with van der Waals surface area (Å²) in [5.74, 6) is 0.520. The largest absolute Gasteiger partial charge is 0.324 e. The fourth-order valence-corrected chi connectivity index (χ4v) is 6.56. The Morgan fingerprint density at radius 2 is 2.00 bits per heavy atom. The number of aromatic nitrogens is 3. The third kappa shape index (κ3) is 2.94. The Labute approximate surface area is 186 Å². The van der Waals surface area contributed by atoms with Crippen molar-refractivity contribution in [2.45, 2.75) is 70.4 Å². The Kier molecular flexibility index (Phi) is 4.54. The van der Waals surface area contributed by atoms with Gasteiger partial charge in [-0.05, 0) is 50.2 Å². The van der Waals surface area contributed by atoms with Gasteiger partial charge >= 0.3 is 0 Å². The van der Waals surface area contributed by atoms with Crippen LogP contribution in [0.3, 0.4) is 0 Å². The lowest BCUT2D eigenvalue weighted by Crippen LogP contribution is -2.69. The number of fused-ring (bicyclic) bond motifs is 2. The van der Waals surface area contributed by atoms with Gasteiger partial charge in [-0.2, -0.15) is 0 Å². The van der Waals surface area contributed by atoms with E-state index in [2.05, 4.69) is 24.2 Å². The van der Waals surface area contributed by atoms with Gasteiger partial charge in [0.1, 0.15) is 5.69 Å². The smallest absolute Gasteiger partial charge is 0.201 e. The van der Waals surface area contributed by atoms with E-state index in [4.69, 9.17) is 30.8 Å². The molecule has 1 spiro atoms. The summed E-state index contributed by atoms with van der Waals surface area (Å²) in [6.45, 7) is 6.48. The molecule has 1 aromatic carbocycles. The maximum absolute atomic E-state index is 6.62. The second-order valence-corrected chi connectivity index (χ2v) is 10.3. The van der Waals surface area contributed by atoms with Crippen molar-refractivity contribution in [1.82, 2.24) is 15.0 Å². The lowest BCUT2D eigenvalue weighted by molar-refractivity contribution is -0.574. The van der Waals surface area contributed by atoms with Crippen LogP contribution in [0.5, 0.6) is 0 Å². The molecule has 7 nitrogen and oxygen atoms in total. The predicted molar refractivity (Wildman–Crippen MR) is 113 cm³/mol. The highest BCUT2D eigenvalue weighted by atomic mass is 35.5. The first-order chi connectivity index (χ1) is 14.9. The Morgan fingerprint density at radius 3 is 2.84 bits per heavy atom.